The van der Waals surface area contributed by atoms with Gasteiger partial charge in [0.25, 0.3) is 0 Å². The second-order valence-electron chi connectivity index (χ2n) is 4.59. The van der Waals surface area contributed by atoms with Crippen LogP contribution < -0.4 is 16.0 Å². The molecule has 1 atom stereocenters. The van der Waals surface area contributed by atoms with Gasteiger partial charge in [-0.25, -0.2) is 9.78 Å². The van der Waals surface area contributed by atoms with Crippen molar-refractivity contribution < 1.29 is 4.79 Å². The van der Waals surface area contributed by atoms with Crippen LogP contribution in [0.4, 0.5) is 16.2 Å². The Kier molecular flexibility index (Phi) is 5.40. The minimum atomic E-state index is -0.313. The maximum Gasteiger partial charge on any atom is 0.319 e. The number of benzene rings is 1. The summed E-state index contributed by atoms with van der Waals surface area (Å²) in [5.74, 6) is 0. The number of nitrogens with one attached hydrogen (secondary N) is 3. The summed E-state index contributed by atoms with van der Waals surface area (Å²) < 4.78 is 0. The Hall–Kier alpha value is -2.27. The first kappa shape index (κ1) is 15.1. The van der Waals surface area contributed by atoms with Crippen LogP contribution in [0, 0.1) is 0 Å². The summed E-state index contributed by atoms with van der Waals surface area (Å²) in [6, 6.07) is 12.9. The number of amides is 2. The van der Waals surface area contributed by atoms with Crippen molar-refractivity contribution in [3.8, 4) is 0 Å². The highest BCUT2D eigenvalue weighted by atomic mass is 35.5. The van der Waals surface area contributed by atoms with Crippen molar-refractivity contribution in [2.75, 3.05) is 17.2 Å². The van der Waals surface area contributed by atoms with Crippen LogP contribution in [0.1, 0.15) is 6.92 Å². The summed E-state index contributed by atoms with van der Waals surface area (Å²) in [7, 11) is 0. The highest BCUT2D eigenvalue weighted by molar-refractivity contribution is 6.32. The minimum absolute atomic E-state index is 0.0411. The van der Waals surface area contributed by atoms with Gasteiger partial charge in [-0.05, 0) is 31.2 Å². The van der Waals surface area contributed by atoms with Gasteiger partial charge in [-0.1, -0.05) is 29.8 Å². The van der Waals surface area contributed by atoms with Crippen molar-refractivity contribution in [1.82, 2.24) is 10.3 Å². The number of hydrogen-bond acceptors (Lipinski definition) is 3. The topological polar surface area (TPSA) is 66.0 Å². The normalized spacial score (nSPS) is 11.5. The van der Waals surface area contributed by atoms with E-state index in [-0.39, 0.29) is 17.2 Å². The van der Waals surface area contributed by atoms with E-state index in [1.54, 1.807) is 18.3 Å². The average molecular weight is 305 g/mol. The van der Waals surface area contributed by atoms with Crippen molar-refractivity contribution in [2.45, 2.75) is 13.0 Å². The van der Waals surface area contributed by atoms with Gasteiger partial charge in [0.05, 0.1) is 5.69 Å². The van der Waals surface area contributed by atoms with Gasteiger partial charge in [-0.3, -0.25) is 0 Å². The molecular formula is C15H17ClN4O. The number of aromatic nitrogens is 1. The minimum Gasteiger partial charge on any atom is -0.383 e. The molecule has 0 saturated heterocycles. The molecule has 1 aromatic carbocycles. The quantitative estimate of drug-likeness (QED) is 0.742. The molecule has 0 aliphatic carbocycles. The fraction of sp³-hybridized carbons (Fsp3) is 0.200. The van der Waals surface area contributed by atoms with Crippen LogP contribution in [0.25, 0.3) is 0 Å². The van der Waals surface area contributed by atoms with Crippen LogP contribution in [-0.2, 0) is 0 Å². The van der Waals surface area contributed by atoms with E-state index in [1.165, 1.54) is 0 Å². The standard InChI is InChI=1S/C15H17ClN4O/c1-11(10-18-12-6-3-2-4-7-12)19-15(21)20-13-8-5-9-17-14(13)16/h2-9,11,18H,10H2,1H3,(H2,19,20,21)/t11-/m1/s1. The Balaban J connectivity index is 1.78. The molecule has 0 saturated carbocycles. The van der Waals surface area contributed by atoms with Crippen molar-refractivity contribution in [2.24, 2.45) is 0 Å². The molecule has 1 heterocycles. The Morgan fingerprint density at radius 2 is 2.00 bits per heavy atom. The zero-order valence-electron chi connectivity index (χ0n) is 11.6. The molecule has 0 spiro atoms. The largest absolute Gasteiger partial charge is 0.383 e. The molecule has 0 unspecified atom stereocenters. The maximum absolute atomic E-state index is 11.9. The number of anilines is 2. The van der Waals surface area contributed by atoms with Crippen LogP contribution in [-0.4, -0.2) is 23.6 Å². The third kappa shape index (κ3) is 4.96. The smallest absolute Gasteiger partial charge is 0.319 e. The van der Waals surface area contributed by atoms with E-state index >= 15 is 0 Å². The lowest BCUT2D eigenvalue weighted by atomic mass is 10.3. The van der Waals surface area contributed by atoms with Crippen LogP contribution in [0.15, 0.2) is 48.7 Å². The lowest BCUT2D eigenvalue weighted by Gasteiger charge is -2.16. The lowest BCUT2D eigenvalue weighted by Crippen LogP contribution is -2.40. The SMILES string of the molecule is C[C@H](CNc1ccccc1)NC(=O)Nc1cccnc1Cl. The zero-order valence-corrected chi connectivity index (χ0v) is 12.4. The van der Waals surface area contributed by atoms with Gasteiger partial charge in [0.15, 0.2) is 5.15 Å². The summed E-state index contributed by atoms with van der Waals surface area (Å²) in [6.07, 6.45) is 1.57. The molecule has 0 aliphatic rings. The lowest BCUT2D eigenvalue weighted by molar-refractivity contribution is 0.249. The van der Waals surface area contributed by atoms with Crippen LogP contribution >= 0.6 is 11.6 Å². The van der Waals surface area contributed by atoms with Gasteiger partial charge in [-0.15, -0.1) is 0 Å². The first-order valence-corrected chi connectivity index (χ1v) is 7.00. The van der Waals surface area contributed by atoms with Crippen molar-refractivity contribution in [1.29, 1.82) is 0 Å². The summed E-state index contributed by atoms with van der Waals surface area (Å²) in [4.78, 5) is 15.7. The van der Waals surface area contributed by atoms with Gasteiger partial charge in [-0.2, -0.15) is 0 Å². The number of para-hydroxylation sites is 1. The van der Waals surface area contributed by atoms with Gasteiger partial charge in [0, 0.05) is 24.5 Å². The molecule has 2 aromatic rings. The molecule has 6 heteroatoms. The van der Waals surface area contributed by atoms with Gasteiger partial charge >= 0.3 is 6.03 Å². The second kappa shape index (κ2) is 7.50. The molecule has 21 heavy (non-hydrogen) atoms. The second-order valence-corrected chi connectivity index (χ2v) is 4.95. The monoisotopic (exact) mass is 304 g/mol. The third-order valence-electron chi connectivity index (χ3n) is 2.77. The molecule has 3 N–H and O–H groups in total. The van der Waals surface area contributed by atoms with Crippen molar-refractivity contribution in [3.63, 3.8) is 0 Å². The fourth-order valence-electron chi connectivity index (χ4n) is 1.74. The molecule has 2 rings (SSSR count). The molecule has 110 valence electrons. The molecule has 0 radical (unpaired) electrons. The van der Waals surface area contributed by atoms with E-state index in [9.17, 15) is 4.79 Å². The Morgan fingerprint density at radius 1 is 1.24 bits per heavy atom. The molecular weight excluding hydrogens is 288 g/mol. The Labute approximate surface area is 128 Å². The fourth-order valence-corrected chi connectivity index (χ4v) is 1.91. The van der Waals surface area contributed by atoms with Gasteiger partial charge in [0.1, 0.15) is 0 Å². The van der Waals surface area contributed by atoms with Crippen LogP contribution in [0.3, 0.4) is 0 Å². The van der Waals surface area contributed by atoms with Crippen molar-refractivity contribution >= 4 is 29.0 Å². The molecule has 0 fully saturated rings. The number of rotatable bonds is 5. The summed E-state index contributed by atoms with van der Waals surface area (Å²) in [5, 5.41) is 9.00. The molecule has 0 bridgehead atoms. The number of hydrogen-bond donors (Lipinski definition) is 3. The number of carbonyl (C=O) groups is 1. The first-order valence-electron chi connectivity index (χ1n) is 6.62. The predicted octanol–water partition coefficient (Wildman–Crippen LogP) is 3.36. The highest BCUT2D eigenvalue weighted by Gasteiger charge is 2.09. The molecule has 2 amide bonds. The zero-order chi connectivity index (χ0) is 15.1. The average Bonchev–Trinajstić information content (AvgIpc) is 2.48. The Morgan fingerprint density at radius 3 is 2.71 bits per heavy atom. The van der Waals surface area contributed by atoms with E-state index in [1.807, 2.05) is 37.3 Å². The predicted molar refractivity (Wildman–Crippen MR) is 85.8 cm³/mol. The number of pyridine rings is 1. The number of nitrogens with zero attached hydrogens (tertiary/aromatic N) is 1. The Bertz CT molecular complexity index is 591. The maximum atomic E-state index is 11.9. The summed E-state index contributed by atoms with van der Waals surface area (Å²) >= 11 is 5.88. The van der Waals surface area contributed by atoms with E-state index < -0.39 is 0 Å². The van der Waals surface area contributed by atoms with E-state index in [0.717, 1.165) is 5.69 Å². The van der Waals surface area contributed by atoms with Gasteiger partial charge in [0.2, 0.25) is 0 Å². The number of halogens is 1. The third-order valence-corrected chi connectivity index (χ3v) is 3.07. The van der Waals surface area contributed by atoms with Crippen molar-refractivity contribution in [3.05, 3.63) is 53.8 Å². The van der Waals surface area contributed by atoms with E-state index in [2.05, 4.69) is 20.9 Å². The van der Waals surface area contributed by atoms with Crippen LogP contribution in [0.5, 0.6) is 0 Å². The number of urea groups is 1. The molecule has 0 aliphatic heterocycles. The molecule has 5 nitrogen and oxygen atoms in total. The molecule has 1 aromatic heterocycles. The van der Waals surface area contributed by atoms with E-state index in [0.29, 0.717) is 12.2 Å². The highest BCUT2D eigenvalue weighted by Crippen LogP contribution is 2.17. The van der Waals surface area contributed by atoms with Gasteiger partial charge < -0.3 is 16.0 Å². The van der Waals surface area contributed by atoms with Crippen LogP contribution in [0.2, 0.25) is 5.15 Å². The summed E-state index contributed by atoms with van der Waals surface area (Å²) in [6.45, 7) is 2.54. The first-order chi connectivity index (χ1) is 10.1. The number of carbonyl (C=O) groups excluding carboxylic acids is 1. The summed E-state index contributed by atoms with van der Waals surface area (Å²) in [5.41, 5.74) is 1.50. The van der Waals surface area contributed by atoms with E-state index in [4.69, 9.17) is 11.6 Å².